The molecule has 0 radical (unpaired) electrons. The summed E-state index contributed by atoms with van der Waals surface area (Å²) >= 11 is 1.56. The second kappa shape index (κ2) is 5.70. The van der Waals surface area contributed by atoms with Crippen LogP contribution in [0.2, 0.25) is 0 Å². The summed E-state index contributed by atoms with van der Waals surface area (Å²) in [6.45, 7) is 2.15. The number of unbranched alkanes of at least 4 members (excludes halogenated alkanes) is 2. The van der Waals surface area contributed by atoms with Crippen LogP contribution >= 0.6 is 11.3 Å². The quantitative estimate of drug-likeness (QED) is 0.397. The van der Waals surface area contributed by atoms with Gasteiger partial charge in [-0.1, -0.05) is 25.8 Å². The molecule has 0 bridgehead atoms. The number of allylic oxidation sites excluding steroid dienone is 2. The Morgan fingerprint density at radius 3 is 3.08 bits per heavy atom. The Kier molecular flexibility index (Phi) is 4.47. The lowest BCUT2D eigenvalue weighted by Gasteiger charge is -1.89. The third kappa shape index (κ3) is 3.55. The molecule has 1 aromatic rings. The average Bonchev–Trinajstić information content (AvgIpc) is 2.65. The highest BCUT2D eigenvalue weighted by atomic mass is 32.1. The maximum atomic E-state index is 11.4. The lowest BCUT2D eigenvalue weighted by atomic mass is 10.2. The molecule has 1 heterocycles. The van der Waals surface area contributed by atoms with E-state index in [0.717, 1.165) is 18.4 Å². The van der Waals surface area contributed by atoms with E-state index in [4.69, 9.17) is 0 Å². The SMILES string of the molecule is CCCC/C=C/C(=O)c1ccsc1. The molecule has 2 heteroatoms. The van der Waals surface area contributed by atoms with Crippen molar-refractivity contribution in [1.29, 1.82) is 0 Å². The molecule has 0 aliphatic carbocycles. The van der Waals surface area contributed by atoms with Crippen LogP contribution in [-0.4, -0.2) is 5.78 Å². The summed E-state index contributed by atoms with van der Waals surface area (Å²) in [6.07, 6.45) is 6.98. The van der Waals surface area contributed by atoms with Crippen LogP contribution in [0.1, 0.15) is 36.5 Å². The topological polar surface area (TPSA) is 17.1 Å². The van der Waals surface area contributed by atoms with Gasteiger partial charge in [0.05, 0.1) is 0 Å². The third-order valence-corrected chi connectivity index (χ3v) is 2.48. The monoisotopic (exact) mass is 194 g/mol. The molecule has 13 heavy (non-hydrogen) atoms. The van der Waals surface area contributed by atoms with E-state index in [1.54, 1.807) is 17.4 Å². The zero-order valence-corrected chi connectivity index (χ0v) is 8.64. The van der Waals surface area contributed by atoms with Crippen LogP contribution in [0.3, 0.4) is 0 Å². The lowest BCUT2D eigenvalue weighted by molar-refractivity contribution is 0.104. The average molecular weight is 194 g/mol. The van der Waals surface area contributed by atoms with Gasteiger partial charge < -0.3 is 0 Å². The molecular weight excluding hydrogens is 180 g/mol. The summed E-state index contributed by atoms with van der Waals surface area (Å²) in [5.41, 5.74) is 0.803. The first-order chi connectivity index (χ1) is 6.34. The van der Waals surface area contributed by atoms with E-state index < -0.39 is 0 Å². The van der Waals surface area contributed by atoms with Crippen LogP contribution in [0.4, 0.5) is 0 Å². The van der Waals surface area contributed by atoms with Gasteiger partial charge >= 0.3 is 0 Å². The van der Waals surface area contributed by atoms with E-state index >= 15 is 0 Å². The molecule has 1 nitrogen and oxygen atoms in total. The molecule has 0 amide bonds. The van der Waals surface area contributed by atoms with Crippen molar-refractivity contribution in [2.45, 2.75) is 26.2 Å². The highest BCUT2D eigenvalue weighted by Gasteiger charge is 1.99. The van der Waals surface area contributed by atoms with Gasteiger partial charge in [0.15, 0.2) is 5.78 Å². The fourth-order valence-electron chi connectivity index (χ4n) is 1.01. The summed E-state index contributed by atoms with van der Waals surface area (Å²) in [5.74, 6) is 0.123. The minimum absolute atomic E-state index is 0.123. The molecule has 0 saturated heterocycles. The predicted molar refractivity (Wildman–Crippen MR) is 57.3 cm³/mol. The molecule has 0 aromatic carbocycles. The Morgan fingerprint density at radius 1 is 1.62 bits per heavy atom. The molecule has 0 saturated carbocycles. The van der Waals surface area contributed by atoms with Crippen LogP contribution < -0.4 is 0 Å². The van der Waals surface area contributed by atoms with E-state index in [2.05, 4.69) is 6.92 Å². The number of hydrogen-bond donors (Lipinski definition) is 0. The van der Waals surface area contributed by atoms with Gasteiger partial charge in [-0.25, -0.2) is 0 Å². The summed E-state index contributed by atoms with van der Waals surface area (Å²) in [7, 11) is 0. The summed E-state index contributed by atoms with van der Waals surface area (Å²) < 4.78 is 0. The Balaban J connectivity index is 2.38. The standard InChI is InChI=1S/C11H14OS/c1-2-3-4-5-6-11(12)10-7-8-13-9-10/h5-9H,2-4H2,1H3/b6-5+. The first kappa shape index (κ1) is 10.2. The number of carbonyl (C=O) groups is 1. The fraction of sp³-hybridized carbons (Fsp3) is 0.364. The number of thiophene rings is 1. The Labute approximate surface area is 83.1 Å². The molecule has 1 rings (SSSR count). The van der Waals surface area contributed by atoms with Crippen molar-refractivity contribution in [2.75, 3.05) is 0 Å². The van der Waals surface area contributed by atoms with Gasteiger partial charge in [-0.3, -0.25) is 4.79 Å². The molecule has 0 N–H and O–H groups in total. The van der Waals surface area contributed by atoms with Crippen LogP contribution in [0.5, 0.6) is 0 Å². The van der Waals surface area contributed by atoms with Crippen molar-refractivity contribution in [3.63, 3.8) is 0 Å². The van der Waals surface area contributed by atoms with Crippen molar-refractivity contribution in [2.24, 2.45) is 0 Å². The maximum Gasteiger partial charge on any atom is 0.186 e. The van der Waals surface area contributed by atoms with Gasteiger partial charge in [-0.15, -0.1) is 0 Å². The molecule has 0 aliphatic heterocycles. The number of rotatable bonds is 5. The first-order valence-corrected chi connectivity index (χ1v) is 5.52. The predicted octanol–water partition coefficient (Wildman–Crippen LogP) is 3.68. The van der Waals surface area contributed by atoms with E-state index in [9.17, 15) is 4.79 Å². The molecule has 0 fully saturated rings. The molecule has 70 valence electrons. The fourth-order valence-corrected chi connectivity index (χ4v) is 1.66. The van der Waals surface area contributed by atoms with E-state index in [1.165, 1.54) is 6.42 Å². The zero-order chi connectivity index (χ0) is 9.52. The van der Waals surface area contributed by atoms with Gasteiger partial charge in [0.2, 0.25) is 0 Å². The molecule has 0 spiro atoms. The van der Waals surface area contributed by atoms with Crippen molar-refractivity contribution in [3.05, 3.63) is 34.5 Å². The third-order valence-electron chi connectivity index (χ3n) is 1.80. The smallest absolute Gasteiger partial charge is 0.186 e. The Bertz CT molecular complexity index is 272. The molecule has 0 atom stereocenters. The number of ketones is 1. The van der Waals surface area contributed by atoms with Gasteiger partial charge in [-0.2, -0.15) is 11.3 Å². The van der Waals surface area contributed by atoms with Crippen molar-refractivity contribution < 1.29 is 4.79 Å². The minimum Gasteiger partial charge on any atom is -0.289 e. The maximum absolute atomic E-state index is 11.4. The Hall–Kier alpha value is -0.890. The van der Waals surface area contributed by atoms with Crippen LogP contribution in [0.25, 0.3) is 0 Å². The van der Waals surface area contributed by atoms with Crippen molar-refractivity contribution in [3.8, 4) is 0 Å². The zero-order valence-electron chi connectivity index (χ0n) is 7.82. The minimum atomic E-state index is 0.123. The molecular formula is C11H14OS. The van der Waals surface area contributed by atoms with Gasteiger partial charge in [-0.05, 0) is 23.9 Å². The summed E-state index contributed by atoms with van der Waals surface area (Å²) in [4.78, 5) is 11.4. The normalized spacial score (nSPS) is 10.8. The van der Waals surface area contributed by atoms with E-state index in [1.807, 2.05) is 22.9 Å². The largest absolute Gasteiger partial charge is 0.289 e. The van der Waals surface area contributed by atoms with Crippen LogP contribution in [0.15, 0.2) is 29.0 Å². The highest BCUT2D eigenvalue weighted by molar-refractivity contribution is 7.08. The van der Waals surface area contributed by atoms with Crippen LogP contribution in [0, 0.1) is 0 Å². The van der Waals surface area contributed by atoms with Gasteiger partial charge in [0, 0.05) is 10.9 Å². The van der Waals surface area contributed by atoms with Crippen LogP contribution in [-0.2, 0) is 0 Å². The summed E-state index contributed by atoms with van der Waals surface area (Å²) in [6, 6.07) is 1.86. The second-order valence-electron chi connectivity index (χ2n) is 2.92. The van der Waals surface area contributed by atoms with E-state index in [-0.39, 0.29) is 5.78 Å². The molecule has 1 aromatic heterocycles. The van der Waals surface area contributed by atoms with Crippen molar-refractivity contribution in [1.82, 2.24) is 0 Å². The molecule has 0 unspecified atom stereocenters. The first-order valence-electron chi connectivity index (χ1n) is 4.57. The highest BCUT2D eigenvalue weighted by Crippen LogP contribution is 2.07. The van der Waals surface area contributed by atoms with Gasteiger partial charge in [0.25, 0.3) is 0 Å². The molecule has 0 aliphatic rings. The van der Waals surface area contributed by atoms with Crippen molar-refractivity contribution >= 4 is 17.1 Å². The van der Waals surface area contributed by atoms with Gasteiger partial charge in [0.1, 0.15) is 0 Å². The second-order valence-corrected chi connectivity index (χ2v) is 3.70. The van der Waals surface area contributed by atoms with E-state index in [0.29, 0.717) is 0 Å². The Morgan fingerprint density at radius 2 is 2.46 bits per heavy atom. The number of carbonyl (C=O) groups excluding carboxylic acids is 1. The number of hydrogen-bond acceptors (Lipinski definition) is 2. The summed E-state index contributed by atoms with van der Waals surface area (Å²) in [5, 5.41) is 3.81. The lowest BCUT2D eigenvalue weighted by Crippen LogP contribution is -1.89.